The van der Waals surface area contributed by atoms with E-state index in [-0.39, 0.29) is 18.1 Å². The number of amides is 1. The Labute approximate surface area is 185 Å². The fourth-order valence-electron chi connectivity index (χ4n) is 2.69. The van der Waals surface area contributed by atoms with Gasteiger partial charge in [0.1, 0.15) is 11.9 Å². The van der Waals surface area contributed by atoms with Gasteiger partial charge in [0, 0.05) is 24.1 Å². The van der Waals surface area contributed by atoms with E-state index in [0.29, 0.717) is 17.7 Å². The van der Waals surface area contributed by atoms with E-state index in [1.807, 2.05) is 18.4 Å². The van der Waals surface area contributed by atoms with Crippen molar-refractivity contribution in [2.45, 2.75) is 23.5 Å². The maximum atomic E-state index is 12.5. The van der Waals surface area contributed by atoms with Gasteiger partial charge in [0.05, 0.1) is 12.4 Å². The zero-order chi connectivity index (χ0) is 21.9. The van der Waals surface area contributed by atoms with Crippen molar-refractivity contribution in [3.8, 4) is 5.75 Å². The second-order valence-corrected chi connectivity index (χ2v) is 7.41. The average Bonchev–Trinajstić information content (AvgIpc) is 2.76. The molecule has 0 aliphatic heterocycles. The molecule has 0 saturated carbocycles. The molecule has 30 heavy (non-hydrogen) atoms. The highest BCUT2D eigenvalue weighted by atomic mass is 32.2. The summed E-state index contributed by atoms with van der Waals surface area (Å²) in [6.45, 7) is 0.0909. The quantitative estimate of drug-likeness (QED) is 0.282. The molecule has 0 heterocycles. The van der Waals surface area contributed by atoms with Crippen LogP contribution in [0, 0.1) is 0 Å². The van der Waals surface area contributed by atoms with Crippen LogP contribution in [0.1, 0.15) is 18.1 Å². The van der Waals surface area contributed by atoms with Gasteiger partial charge in [0.25, 0.3) is 0 Å². The van der Waals surface area contributed by atoms with Gasteiger partial charge < -0.3 is 19.3 Å². The zero-order valence-corrected chi connectivity index (χ0v) is 18.4. The molecule has 9 heteroatoms. The predicted molar refractivity (Wildman–Crippen MR) is 119 cm³/mol. The number of thioether (sulfide) groups is 1. The topological polar surface area (TPSA) is 94.1 Å². The summed E-state index contributed by atoms with van der Waals surface area (Å²) in [4.78, 5) is 24.9. The van der Waals surface area contributed by atoms with E-state index in [2.05, 4.69) is 17.9 Å². The van der Waals surface area contributed by atoms with Crippen molar-refractivity contribution in [2.24, 2.45) is 0 Å². The van der Waals surface area contributed by atoms with Gasteiger partial charge in [0.15, 0.2) is 6.10 Å². The fraction of sp³-hybridized carbons (Fsp3) is 0.333. The number of hydrogen-bond donors (Lipinski definition) is 3. The van der Waals surface area contributed by atoms with Crippen LogP contribution < -0.4 is 5.32 Å². The minimum Gasteiger partial charge on any atom is -0.508 e. The van der Waals surface area contributed by atoms with Crippen LogP contribution in [0.3, 0.4) is 0 Å². The van der Waals surface area contributed by atoms with Gasteiger partial charge in [-0.15, -0.1) is 11.8 Å². The Kier molecular flexibility index (Phi) is 9.85. The van der Waals surface area contributed by atoms with Crippen molar-refractivity contribution in [3.63, 3.8) is 0 Å². The number of carbonyl (C=O) groups is 2. The monoisotopic (exact) mass is 451 g/mol. The summed E-state index contributed by atoms with van der Waals surface area (Å²) in [5.41, 5.74) is 1.23. The Hall–Kier alpha value is -2.36. The number of esters is 1. The van der Waals surface area contributed by atoms with Crippen LogP contribution in [0.15, 0.2) is 53.4 Å². The molecule has 0 radical (unpaired) electrons. The number of carbonyl (C=O) groups excluding carboxylic acids is 2. The maximum absolute atomic E-state index is 12.5. The van der Waals surface area contributed by atoms with Gasteiger partial charge in [0.2, 0.25) is 0 Å². The van der Waals surface area contributed by atoms with Crippen LogP contribution >= 0.6 is 24.4 Å². The molecule has 0 unspecified atom stereocenters. The standard InChI is InChI=1S/C21H25NO6S2/c1-26-18(11-12-27-19(24)13-29)20(14-3-7-16(23)8-4-14)28-21(25)22-15-5-9-17(30-2)10-6-15/h3-10,18,20,23,29H,11-13H2,1-2H3,(H,22,25)/t18-,20-/m1/s1. The molecule has 0 aliphatic rings. The first-order chi connectivity index (χ1) is 14.5. The van der Waals surface area contributed by atoms with Crippen LogP contribution in [0.5, 0.6) is 5.75 Å². The van der Waals surface area contributed by atoms with E-state index in [4.69, 9.17) is 14.2 Å². The number of nitrogens with one attached hydrogen (secondary N) is 1. The number of methoxy groups -OCH3 is 1. The van der Waals surface area contributed by atoms with E-state index in [0.717, 1.165) is 4.90 Å². The lowest BCUT2D eigenvalue weighted by Gasteiger charge is -2.26. The molecular weight excluding hydrogens is 426 g/mol. The first-order valence-corrected chi connectivity index (χ1v) is 11.0. The third-order valence-corrected chi connectivity index (χ3v) is 5.23. The van der Waals surface area contributed by atoms with Gasteiger partial charge >= 0.3 is 12.1 Å². The van der Waals surface area contributed by atoms with Gasteiger partial charge in [-0.2, -0.15) is 12.6 Å². The lowest BCUT2D eigenvalue weighted by Crippen LogP contribution is -2.29. The van der Waals surface area contributed by atoms with Crippen molar-refractivity contribution < 1.29 is 28.9 Å². The first kappa shape index (κ1) is 23.9. The Morgan fingerprint density at radius 2 is 1.80 bits per heavy atom. The van der Waals surface area contributed by atoms with Crippen molar-refractivity contribution in [2.75, 3.05) is 31.0 Å². The SMILES string of the molecule is CO[C@H](CCOC(=O)CS)[C@H](OC(=O)Nc1ccc(SC)cc1)c1ccc(O)cc1. The van der Waals surface area contributed by atoms with E-state index < -0.39 is 24.3 Å². The van der Waals surface area contributed by atoms with E-state index in [1.165, 1.54) is 19.2 Å². The molecule has 2 N–H and O–H groups in total. The van der Waals surface area contributed by atoms with E-state index in [9.17, 15) is 14.7 Å². The number of thiol groups is 1. The number of anilines is 1. The van der Waals surface area contributed by atoms with Gasteiger partial charge in [-0.3, -0.25) is 10.1 Å². The molecular formula is C21H25NO6S2. The van der Waals surface area contributed by atoms with Crippen LogP contribution in [-0.4, -0.2) is 49.0 Å². The molecule has 2 aromatic rings. The lowest BCUT2D eigenvalue weighted by atomic mass is 10.0. The number of rotatable bonds is 10. The van der Waals surface area contributed by atoms with Gasteiger partial charge in [-0.1, -0.05) is 12.1 Å². The fourth-order valence-corrected chi connectivity index (χ4v) is 3.19. The zero-order valence-electron chi connectivity index (χ0n) is 16.7. The summed E-state index contributed by atoms with van der Waals surface area (Å²) >= 11 is 5.47. The highest BCUT2D eigenvalue weighted by Crippen LogP contribution is 2.28. The largest absolute Gasteiger partial charge is 0.508 e. The molecule has 2 rings (SSSR count). The molecule has 0 aromatic heterocycles. The summed E-state index contributed by atoms with van der Waals surface area (Å²) in [7, 11) is 1.49. The number of benzene rings is 2. The summed E-state index contributed by atoms with van der Waals surface area (Å²) in [5.74, 6) is -0.373. The Bertz CT molecular complexity index is 813. The number of aromatic hydroxyl groups is 1. The van der Waals surface area contributed by atoms with Crippen LogP contribution in [-0.2, 0) is 19.0 Å². The van der Waals surface area contributed by atoms with E-state index >= 15 is 0 Å². The summed E-state index contributed by atoms with van der Waals surface area (Å²) in [6.07, 6.45) is 0.260. The van der Waals surface area contributed by atoms with Gasteiger partial charge in [-0.05, 0) is 48.2 Å². The summed E-state index contributed by atoms with van der Waals surface area (Å²) < 4.78 is 16.2. The molecule has 0 spiro atoms. The van der Waals surface area contributed by atoms with Crippen molar-refractivity contribution in [1.29, 1.82) is 0 Å². The number of phenolic OH excluding ortho intramolecular Hbond substituents is 1. The first-order valence-electron chi connectivity index (χ1n) is 9.16. The molecule has 0 bridgehead atoms. The normalized spacial score (nSPS) is 12.6. The minimum atomic E-state index is -0.782. The van der Waals surface area contributed by atoms with Crippen LogP contribution in [0.4, 0.5) is 10.5 Å². The molecule has 0 fully saturated rings. The second-order valence-electron chi connectivity index (χ2n) is 6.21. The van der Waals surface area contributed by atoms with Crippen molar-refractivity contribution >= 4 is 42.1 Å². The molecule has 7 nitrogen and oxygen atoms in total. The maximum Gasteiger partial charge on any atom is 0.412 e. The summed E-state index contributed by atoms with van der Waals surface area (Å²) in [5, 5.41) is 12.3. The van der Waals surface area contributed by atoms with E-state index in [1.54, 1.807) is 36.0 Å². The lowest BCUT2D eigenvalue weighted by molar-refractivity contribution is -0.141. The Morgan fingerprint density at radius 1 is 1.13 bits per heavy atom. The highest BCUT2D eigenvalue weighted by Gasteiger charge is 2.27. The minimum absolute atomic E-state index is 0.0206. The van der Waals surface area contributed by atoms with Gasteiger partial charge in [-0.25, -0.2) is 4.79 Å². The smallest absolute Gasteiger partial charge is 0.412 e. The average molecular weight is 452 g/mol. The molecule has 1 amide bonds. The molecule has 2 aromatic carbocycles. The molecule has 2 atom stereocenters. The van der Waals surface area contributed by atoms with Crippen molar-refractivity contribution in [3.05, 3.63) is 54.1 Å². The number of ether oxygens (including phenoxy) is 3. The van der Waals surface area contributed by atoms with Crippen LogP contribution in [0.2, 0.25) is 0 Å². The highest BCUT2D eigenvalue weighted by molar-refractivity contribution is 7.98. The predicted octanol–water partition coefficient (Wildman–Crippen LogP) is 4.28. The van der Waals surface area contributed by atoms with Crippen molar-refractivity contribution in [1.82, 2.24) is 0 Å². The third kappa shape index (κ3) is 7.47. The molecule has 162 valence electrons. The number of phenols is 1. The number of hydrogen-bond acceptors (Lipinski definition) is 8. The molecule has 0 saturated heterocycles. The summed E-state index contributed by atoms with van der Waals surface area (Å²) in [6, 6.07) is 13.6. The van der Waals surface area contributed by atoms with Crippen LogP contribution in [0.25, 0.3) is 0 Å². The molecule has 0 aliphatic carbocycles. The Morgan fingerprint density at radius 3 is 2.37 bits per heavy atom. The second kappa shape index (κ2) is 12.4. The third-order valence-electron chi connectivity index (χ3n) is 4.23. The Balaban J connectivity index is 2.11.